The SMILES string of the molecule is CCc1nnc(NC(=O)c2ccc(-n3cccn3)c(C#Cc3ccccn3)c2)s1. The number of nitrogens with zero attached hydrogens (tertiary/aromatic N) is 5. The van der Waals surface area contributed by atoms with Gasteiger partial charge in [-0.2, -0.15) is 5.10 Å². The van der Waals surface area contributed by atoms with Gasteiger partial charge >= 0.3 is 0 Å². The van der Waals surface area contributed by atoms with Crippen LogP contribution in [-0.2, 0) is 6.42 Å². The van der Waals surface area contributed by atoms with Crippen LogP contribution in [0.15, 0.2) is 61.1 Å². The third-order valence-electron chi connectivity index (χ3n) is 3.99. The molecule has 0 atom stereocenters. The first-order valence-corrected chi connectivity index (χ1v) is 9.75. The van der Waals surface area contributed by atoms with Gasteiger partial charge in [0.15, 0.2) is 0 Å². The smallest absolute Gasteiger partial charge is 0.257 e. The number of benzene rings is 1. The highest BCUT2D eigenvalue weighted by molar-refractivity contribution is 7.15. The predicted molar refractivity (Wildman–Crippen MR) is 111 cm³/mol. The lowest BCUT2D eigenvalue weighted by molar-refractivity contribution is 0.102. The Kier molecular flexibility index (Phi) is 5.40. The number of hydrogen-bond donors (Lipinski definition) is 1. The van der Waals surface area contributed by atoms with Crippen molar-refractivity contribution in [3.05, 3.63) is 82.9 Å². The zero-order chi connectivity index (χ0) is 20.1. The molecule has 0 aliphatic rings. The van der Waals surface area contributed by atoms with Gasteiger partial charge in [-0.25, -0.2) is 9.67 Å². The summed E-state index contributed by atoms with van der Waals surface area (Å²) in [5.41, 5.74) is 2.56. The third kappa shape index (κ3) is 4.36. The fourth-order valence-electron chi connectivity index (χ4n) is 2.57. The molecule has 0 spiro atoms. The Bertz CT molecular complexity index is 1190. The van der Waals surface area contributed by atoms with Gasteiger partial charge in [-0.1, -0.05) is 30.2 Å². The van der Waals surface area contributed by atoms with E-state index >= 15 is 0 Å². The van der Waals surface area contributed by atoms with E-state index in [0.717, 1.165) is 17.1 Å². The number of hydrogen-bond acceptors (Lipinski definition) is 6. The summed E-state index contributed by atoms with van der Waals surface area (Å²) < 4.78 is 1.71. The minimum Gasteiger partial charge on any atom is -0.296 e. The molecule has 0 aliphatic heterocycles. The van der Waals surface area contributed by atoms with Crippen molar-refractivity contribution in [2.45, 2.75) is 13.3 Å². The minimum absolute atomic E-state index is 0.267. The molecule has 142 valence electrons. The van der Waals surface area contributed by atoms with Gasteiger partial charge in [0, 0.05) is 24.2 Å². The number of pyridine rings is 1. The van der Waals surface area contributed by atoms with Crippen molar-refractivity contribution in [2.75, 3.05) is 5.32 Å². The molecule has 29 heavy (non-hydrogen) atoms. The van der Waals surface area contributed by atoms with Crippen LogP contribution >= 0.6 is 11.3 Å². The summed E-state index contributed by atoms with van der Waals surface area (Å²) in [6, 6.07) is 12.7. The molecule has 7 nitrogen and oxygen atoms in total. The Hall–Kier alpha value is -3.83. The van der Waals surface area contributed by atoms with Crippen molar-refractivity contribution in [1.29, 1.82) is 0 Å². The fraction of sp³-hybridized carbons (Fsp3) is 0.0952. The number of anilines is 1. The lowest BCUT2D eigenvalue weighted by Gasteiger charge is -2.08. The van der Waals surface area contributed by atoms with Crippen LogP contribution in [0.5, 0.6) is 0 Å². The maximum Gasteiger partial charge on any atom is 0.257 e. The summed E-state index contributed by atoms with van der Waals surface area (Å²) in [5, 5.41) is 16.4. The maximum absolute atomic E-state index is 12.7. The highest BCUT2D eigenvalue weighted by Crippen LogP contribution is 2.19. The summed E-state index contributed by atoms with van der Waals surface area (Å²) in [5.74, 6) is 5.88. The molecular weight excluding hydrogens is 384 g/mol. The number of carbonyl (C=O) groups is 1. The molecule has 4 rings (SSSR count). The van der Waals surface area contributed by atoms with E-state index in [1.807, 2.05) is 43.5 Å². The predicted octanol–water partition coefficient (Wildman–Crippen LogP) is 3.33. The normalized spacial score (nSPS) is 10.2. The van der Waals surface area contributed by atoms with Gasteiger partial charge < -0.3 is 0 Å². The number of amides is 1. The number of rotatable bonds is 4. The number of carbonyl (C=O) groups excluding carboxylic acids is 1. The van der Waals surface area contributed by atoms with Crippen LogP contribution in [0.1, 0.15) is 33.5 Å². The average Bonchev–Trinajstić information content (AvgIpc) is 3.45. The Morgan fingerprint density at radius 3 is 2.79 bits per heavy atom. The molecule has 0 fully saturated rings. The largest absolute Gasteiger partial charge is 0.296 e. The monoisotopic (exact) mass is 400 g/mol. The molecule has 0 radical (unpaired) electrons. The highest BCUT2D eigenvalue weighted by atomic mass is 32.1. The Balaban J connectivity index is 1.67. The zero-order valence-electron chi connectivity index (χ0n) is 15.5. The Labute approximate surface area is 171 Å². The second-order valence-corrected chi connectivity index (χ2v) is 7.02. The van der Waals surface area contributed by atoms with E-state index in [2.05, 4.69) is 37.4 Å². The van der Waals surface area contributed by atoms with Crippen LogP contribution in [-0.4, -0.2) is 30.9 Å². The van der Waals surface area contributed by atoms with Crippen molar-refractivity contribution in [3.8, 4) is 17.5 Å². The summed E-state index contributed by atoms with van der Waals surface area (Å²) >= 11 is 1.36. The van der Waals surface area contributed by atoms with Gasteiger partial charge in [0.1, 0.15) is 10.7 Å². The molecule has 0 bridgehead atoms. The van der Waals surface area contributed by atoms with Gasteiger partial charge in [0.05, 0.1) is 11.3 Å². The van der Waals surface area contributed by atoms with E-state index < -0.39 is 0 Å². The van der Waals surface area contributed by atoms with Gasteiger partial charge in [-0.05, 0) is 48.7 Å². The number of aryl methyl sites for hydroxylation is 1. The van der Waals surface area contributed by atoms with Crippen LogP contribution in [0, 0.1) is 11.8 Å². The Morgan fingerprint density at radius 1 is 1.14 bits per heavy atom. The van der Waals surface area contributed by atoms with Crippen molar-refractivity contribution in [2.24, 2.45) is 0 Å². The Morgan fingerprint density at radius 2 is 2.07 bits per heavy atom. The molecule has 0 saturated heterocycles. The molecular formula is C21H16N6OS. The third-order valence-corrected chi connectivity index (χ3v) is 4.97. The molecule has 4 aromatic rings. The molecule has 3 heterocycles. The van der Waals surface area contributed by atoms with E-state index in [0.29, 0.717) is 22.0 Å². The summed E-state index contributed by atoms with van der Waals surface area (Å²) in [7, 11) is 0. The highest BCUT2D eigenvalue weighted by Gasteiger charge is 2.13. The van der Waals surface area contributed by atoms with Crippen molar-refractivity contribution in [1.82, 2.24) is 25.0 Å². The molecule has 1 amide bonds. The summed E-state index contributed by atoms with van der Waals surface area (Å²) in [6.07, 6.45) is 5.99. The molecule has 1 N–H and O–H groups in total. The summed E-state index contributed by atoms with van der Waals surface area (Å²) in [6.45, 7) is 1.99. The topological polar surface area (TPSA) is 85.6 Å². The first-order chi connectivity index (χ1) is 14.2. The van der Waals surface area contributed by atoms with Crippen LogP contribution in [0.3, 0.4) is 0 Å². The van der Waals surface area contributed by atoms with Gasteiger partial charge in [-0.15, -0.1) is 10.2 Å². The lowest BCUT2D eigenvalue weighted by atomic mass is 10.1. The van der Waals surface area contributed by atoms with E-state index in [4.69, 9.17) is 0 Å². The van der Waals surface area contributed by atoms with Gasteiger partial charge in [-0.3, -0.25) is 10.1 Å². The van der Waals surface area contributed by atoms with Crippen LogP contribution in [0.25, 0.3) is 5.69 Å². The number of aromatic nitrogens is 5. The first kappa shape index (κ1) is 18.5. The number of nitrogens with one attached hydrogen (secondary N) is 1. The quantitative estimate of drug-likeness (QED) is 0.531. The fourth-order valence-corrected chi connectivity index (χ4v) is 3.25. The molecule has 3 aromatic heterocycles. The molecule has 8 heteroatoms. The molecule has 0 unspecified atom stereocenters. The van der Waals surface area contributed by atoms with E-state index in [-0.39, 0.29) is 5.91 Å². The average molecular weight is 400 g/mol. The molecule has 0 saturated carbocycles. The van der Waals surface area contributed by atoms with E-state index in [9.17, 15) is 4.79 Å². The van der Waals surface area contributed by atoms with E-state index in [1.54, 1.807) is 29.2 Å². The zero-order valence-corrected chi connectivity index (χ0v) is 16.3. The second-order valence-electron chi connectivity index (χ2n) is 5.96. The first-order valence-electron chi connectivity index (χ1n) is 8.94. The van der Waals surface area contributed by atoms with Crippen molar-refractivity contribution >= 4 is 22.4 Å². The summed E-state index contributed by atoms with van der Waals surface area (Å²) in [4.78, 5) is 16.9. The van der Waals surface area contributed by atoms with Crippen molar-refractivity contribution in [3.63, 3.8) is 0 Å². The van der Waals surface area contributed by atoms with E-state index in [1.165, 1.54) is 11.3 Å². The second kappa shape index (κ2) is 8.46. The minimum atomic E-state index is -0.267. The lowest BCUT2D eigenvalue weighted by Crippen LogP contribution is -2.12. The van der Waals surface area contributed by atoms with Gasteiger partial charge in [0.25, 0.3) is 5.91 Å². The molecule has 1 aromatic carbocycles. The maximum atomic E-state index is 12.7. The van der Waals surface area contributed by atoms with Crippen molar-refractivity contribution < 1.29 is 4.79 Å². The van der Waals surface area contributed by atoms with Crippen LogP contribution in [0.2, 0.25) is 0 Å². The van der Waals surface area contributed by atoms with Crippen LogP contribution < -0.4 is 5.32 Å². The standard InChI is InChI=1S/C21H16N6OS/c1-2-19-25-26-21(29-19)24-20(28)16-8-10-18(27-13-5-12-23-27)15(14-16)7-9-17-6-3-4-11-22-17/h3-6,8,10-14H,2H2,1H3,(H,24,26,28). The molecule has 0 aliphatic carbocycles. The van der Waals surface area contributed by atoms with Crippen LogP contribution in [0.4, 0.5) is 5.13 Å². The van der Waals surface area contributed by atoms with Gasteiger partial charge in [0.2, 0.25) is 5.13 Å².